The summed E-state index contributed by atoms with van der Waals surface area (Å²) >= 11 is 0. The molecule has 5 nitrogen and oxygen atoms in total. The minimum absolute atomic E-state index is 0.107. The number of likely N-dealkylation sites (N-methyl/N-ethyl adjacent to an activating group) is 1. The predicted octanol–water partition coefficient (Wildman–Crippen LogP) is 1.31. The summed E-state index contributed by atoms with van der Waals surface area (Å²) in [6.45, 7) is 3.43. The molecule has 1 aliphatic rings. The number of nitrogens with one attached hydrogen (secondary N) is 1. The van der Waals surface area contributed by atoms with E-state index in [-0.39, 0.29) is 12.2 Å². The summed E-state index contributed by atoms with van der Waals surface area (Å²) in [5.41, 5.74) is 5.11. The van der Waals surface area contributed by atoms with Crippen molar-refractivity contribution in [3.8, 4) is 0 Å². The van der Waals surface area contributed by atoms with E-state index in [1.807, 2.05) is 6.92 Å². The van der Waals surface area contributed by atoms with Crippen LogP contribution in [0.4, 0.5) is 14.5 Å². The smallest absolute Gasteiger partial charge is 0.246 e. The van der Waals surface area contributed by atoms with Gasteiger partial charge in [-0.15, -0.1) is 0 Å². The molecule has 0 spiro atoms. The summed E-state index contributed by atoms with van der Waals surface area (Å²) in [5.74, 6) is -2.37. The molecule has 118 valence electrons. The van der Waals surface area contributed by atoms with E-state index in [1.165, 1.54) is 0 Å². The highest BCUT2D eigenvalue weighted by atomic mass is 32.2. The number of nitrogens with zero attached hydrogens (tertiary/aromatic N) is 1. The van der Waals surface area contributed by atoms with Gasteiger partial charge in [-0.05, 0) is 31.5 Å². The molecule has 0 unspecified atom stereocenters. The lowest BCUT2D eigenvalue weighted by atomic mass is 10.3. The van der Waals surface area contributed by atoms with Gasteiger partial charge in [0.15, 0.2) is 4.90 Å². The van der Waals surface area contributed by atoms with E-state index in [9.17, 15) is 17.2 Å². The topological polar surface area (TPSA) is 75.4 Å². The average molecular weight is 319 g/mol. The lowest BCUT2D eigenvalue weighted by molar-refractivity contribution is 0.282. The van der Waals surface area contributed by atoms with Crippen LogP contribution in [0.15, 0.2) is 17.0 Å². The monoisotopic (exact) mass is 319 g/mol. The van der Waals surface area contributed by atoms with Gasteiger partial charge < -0.3 is 5.73 Å². The highest BCUT2D eigenvalue weighted by Crippen LogP contribution is 2.26. The van der Waals surface area contributed by atoms with Gasteiger partial charge in [-0.25, -0.2) is 21.9 Å². The van der Waals surface area contributed by atoms with Gasteiger partial charge in [0.25, 0.3) is 0 Å². The van der Waals surface area contributed by atoms with E-state index < -0.39 is 26.6 Å². The summed E-state index contributed by atoms with van der Waals surface area (Å²) in [5, 5.41) is 0. The summed E-state index contributed by atoms with van der Waals surface area (Å²) in [7, 11) is -4.23. The van der Waals surface area contributed by atoms with Crippen LogP contribution in [0, 0.1) is 11.6 Å². The third-order valence-corrected chi connectivity index (χ3v) is 4.96. The van der Waals surface area contributed by atoms with Crippen molar-refractivity contribution in [1.82, 2.24) is 9.62 Å². The fourth-order valence-electron chi connectivity index (χ4n) is 2.27. The molecule has 1 saturated carbocycles. The number of rotatable bonds is 7. The molecule has 2 rings (SSSR count). The third kappa shape index (κ3) is 3.90. The maximum absolute atomic E-state index is 13.6. The van der Waals surface area contributed by atoms with Gasteiger partial charge in [-0.3, -0.25) is 4.90 Å². The van der Waals surface area contributed by atoms with Crippen molar-refractivity contribution in [2.45, 2.75) is 30.7 Å². The molecule has 0 aliphatic heterocycles. The van der Waals surface area contributed by atoms with Crippen LogP contribution in [0.1, 0.15) is 19.8 Å². The second-order valence-corrected chi connectivity index (χ2v) is 6.78. The molecule has 0 amide bonds. The molecular weight excluding hydrogens is 300 g/mol. The van der Waals surface area contributed by atoms with Crippen LogP contribution in [0.5, 0.6) is 0 Å². The van der Waals surface area contributed by atoms with Crippen LogP contribution in [-0.4, -0.2) is 39.0 Å². The zero-order valence-electron chi connectivity index (χ0n) is 11.8. The third-order valence-electron chi connectivity index (χ3n) is 3.45. The number of hydrogen-bond acceptors (Lipinski definition) is 4. The Labute approximate surface area is 123 Å². The zero-order valence-corrected chi connectivity index (χ0v) is 12.6. The molecule has 1 aromatic rings. The minimum atomic E-state index is -4.23. The van der Waals surface area contributed by atoms with Crippen LogP contribution >= 0.6 is 0 Å². The summed E-state index contributed by atoms with van der Waals surface area (Å²) in [4.78, 5) is 1.16. The molecule has 0 aromatic heterocycles. The van der Waals surface area contributed by atoms with Crippen molar-refractivity contribution in [1.29, 1.82) is 0 Å². The van der Waals surface area contributed by atoms with Gasteiger partial charge in [-0.1, -0.05) is 6.92 Å². The summed E-state index contributed by atoms with van der Waals surface area (Å²) in [6, 6.07) is 2.09. The highest BCUT2D eigenvalue weighted by molar-refractivity contribution is 7.89. The minimum Gasteiger partial charge on any atom is -0.399 e. The molecule has 1 fully saturated rings. The van der Waals surface area contributed by atoms with Gasteiger partial charge >= 0.3 is 0 Å². The van der Waals surface area contributed by atoms with Gasteiger partial charge in [0.2, 0.25) is 10.0 Å². The highest BCUT2D eigenvalue weighted by Gasteiger charge is 2.28. The molecule has 0 heterocycles. The van der Waals surface area contributed by atoms with E-state index in [0.717, 1.165) is 31.5 Å². The lowest BCUT2D eigenvalue weighted by Gasteiger charge is -2.19. The first-order valence-electron chi connectivity index (χ1n) is 6.83. The van der Waals surface area contributed by atoms with Crippen molar-refractivity contribution in [3.63, 3.8) is 0 Å². The van der Waals surface area contributed by atoms with Gasteiger partial charge in [0.05, 0.1) is 0 Å². The molecule has 1 aromatic carbocycles. The number of benzene rings is 1. The van der Waals surface area contributed by atoms with Crippen molar-refractivity contribution in [2.75, 3.05) is 25.4 Å². The molecule has 0 bridgehead atoms. The molecule has 8 heteroatoms. The van der Waals surface area contributed by atoms with E-state index in [0.29, 0.717) is 12.6 Å². The fourth-order valence-corrected chi connectivity index (χ4v) is 3.41. The first-order valence-corrected chi connectivity index (χ1v) is 8.31. The number of anilines is 1. The van der Waals surface area contributed by atoms with Crippen LogP contribution in [0.25, 0.3) is 0 Å². The molecule has 1 aliphatic carbocycles. The molecule has 0 radical (unpaired) electrons. The van der Waals surface area contributed by atoms with Crippen LogP contribution in [0.3, 0.4) is 0 Å². The number of nitrogens with two attached hydrogens (primary N) is 1. The number of nitrogen functional groups attached to an aromatic ring is 1. The summed E-state index contributed by atoms with van der Waals surface area (Å²) in [6.07, 6.45) is 2.23. The average Bonchev–Trinajstić information content (AvgIpc) is 3.17. The SMILES string of the molecule is CCN(CCNS(=O)(=O)c1c(F)cc(N)cc1F)C1CC1. The van der Waals surface area contributed by atoms with Crippen molar-refractivity contribution >= 4 is 15.7 Å². The van der Waals surface area contributed by atoms with E-state index in [4.69, 9.17) is 5.73 Å². The van der Waals surface area contributed by atoms with Crippen LogP contribution < -0.4 is 10.5 Å². The second kappa shape index (κ2) is 6.25. The van der Waals surface area contributed by atoms with Crippen LogP contribution in [-0.2, 0) is 10.0 Å². The number of sulfonamides is 1. The Morgan fingerprint density at radius 3 is 2.38 bits per heavy atom. The summed E-state index contributed by atoms with van der Waals surface area (Å²) < 4.78 is 53.5. The quantitative estimate of drug-likeness (QED) is 0.743. The van der Waals surface area contributed by atoms with Gasteiger partial charge in [0.1, 0.15) is 11.6 Å². The molecular formula is C13H19F2N3O2S. The Hall–Kier alpha value is -1.25. The predicted molar refractivity (Wildman–Crippen MR) is 76.2 cm³/mol. The molecule has 3 N–H and O–H groups in total. The molecule has 21 heavy (non-hydrogen) atoms. The first kappa shape index (κ1) is 16.1. The second-order valence-electron chi connectivity index (χ2n) is 5.07. The maximum Gasteiger partial charge on any atom is 0.246 e. The standard InChI is InChI=1S/C13H19F2N3O2S/c1-2-18(10-3-4-10)6-5-17-21(19,20)13-11(14)7-9(16)8-12(13)15/h7-8,10,17H,2-6,16H2,1H3. The largest absolute Gasteiger partial charge is 0.399 e. The molecule has 0 atom stereocenters. The first-order chi connectivity index (χ1) is 9.85. The number of halogens is 2. The van der Waals surface area contributed by atoms with E-state index >= 15 is 0 Å². The Morgan fingerprint density at radius 1 is 1.33 bits per heavy atom. The fraction of sp³-hybridized carbons (Fsp3) is 0.538. The van der Waals surface area contributed by atoms with E-state index in [1.54, 1.807) is 0 Å². The Morgan fingerprint density at radius 2 is 1.90 bits per heavy atom. The van der Waals surface area contributed by atoms with Crippen molar-refractivity contribution in [3.05, 3.63) is 23.8 Å². The van der Waals surface area contributed by atoms with Crippen LogP contribution in [0.2, 0.25) is 0 Å². The van der Waals surface area contributed by atoms with Gasteiger partial charge in [-0.2, -0.15) is 0 Å². The molecule has 0 saturated heterocycles. The zero-order chi connectivity index (χ0) is 15.6. The van der Waals surface area contributed by atoms with E-state index in [2.05, 4.69) is 9.62 Å². The normalized spacial score (nSPS) is 15.6. The Kier molecular flexibility index (Phi) is 4.80. The Balaban J connectivity index is 2.05. The van der Waals surface area contributed by atoms with Gasteiger partial charge in [0, 0.05) is 24.8 Å². The van der Waals surface area contributed by atoms with Crippen molar-refractivity contribution < 1.29 is 17.2 Å². The maximum atomic E-state index is 13.6. The number of hydrogen-bond donors (Lipinski definition) is 2. The Bertz CT molecular complexity index is 595. The van der Waals surface area contributed by atoms with Crippen molar-refractivity contribution in [2.24, 2.45) is 0 Å². The lowest BCUT2D eigenvalue weighted by Crippen LogP contribution is -2.36.